The third kappa shape index (κ3) is 3.37. The Hall–Kier alpha value is -1.87. The number of hydrogen-bond acceptors (Lipinski definition) is 3. The van der Waals surface area contributed by atoms with Crippen LogP contribution in [0.15, 0.2) is 47.5 Å². The maximum absolute atomic E-state index is 9.68. The molecule has 0 heterocycles. The molecule has 1 rings (SSSR count). The quantitative estimate of drug-likeness (QED) is 0.601. The van der Waals surface area contributed by atoms with Gasteiger partial charge in [-0.05, 0) is 25.1 Å². The van der Waals surface area contributed by atoms with Crippen molar-refractivity contribution < 1.29 is 10.2 Å². The molecule has 0 atom stereocenters. The molecule has 3 heteroatoms. The predicted octanol–water partition coefficient (Wildman–Crippen LogP) is 2.37. The van der Waals surface area contributed by atoms with Gasteiger partial charge in [-0.2, -0.15) is 0 Å². The molecule has 0 saturated carbocycles. The van der Waals surface area contributed by atoms with Gasteiger partial charge in [0.05, 0.1) is 12.3 Å². The predicted molar refractivity (Wildman–Crippen MR) is 66.5 cm³/mol. The van der Waals surface area contributed by atoms with E-state index in [4.69, 9.17) is 5.11 Å². The summed E-state index contributed by atoms with van der Waals surface area (Å²) in [7, 11) is 0. The van der Waals surface area contributed by atoms with Crippen molar-refractivity contribution in [2.45, 2.75) is 6.92 Å². The number of aliphatic imine (C=N–C) groups is 1. The molecule has 0 saturated heterocycles. The molecule has 3 nitrogen and oxygen atoms in total. The lowest BCUT2D eigenvalue weighted by molar-refractivity contribution is 0.361. The lowest BCUT2D eigenvalue weighted by Gasteiger charge is -2.03. The summed E-state index contributed by atoms with van der Waals surface area (Å²) in [4.78, 5) is 4.09. The Kier molecular flexibility index (Phi) is 5.02. The zero-order valence-corrected chi connectivity index (χ0v) is 9.17. The Labute approximate surface area is 95.1 Å². The molecule has 0 aliphatic heterocycles. The molecular weight excluding hydrogens is 202 g/mol. The molecular formula is C13H15NO2. The molecule has 0 aliphatic carbocycles. The van der Waals surface area contributed by atoms with E-state index in [1.54, 1.807) is 24.3 Å². The van der Waals surface area contributed by atoms with E-state index in [-0.39, 0.29) is 12.4 Å². The highest BCUT2D eigenvalue weighted by Crippen LogP contribution is 2.25. The highest BCUT2D eigenvalue weighted by Gasteiger charge is 2.03. The van der Waals surface area contributed by atoms with Gasteiger partial charge in [-0.25, -0.2) is 0 Å². The number of phenols is 1. The zero-order chi connectivity index (χ0) is 11.8. The summed E-state index contributed by atoms with van der Waals surface area (Å²) in [5.74, 6) is 0.174. The van der Waals surface area contributed by atoms with Gasteiger partial charge >= 0.3 is 0 Å². The number of para-hydroxylation sites is 1. The van der Waals surface area contributed by atoms with E-state index in [1.165, 1.54) is 6.21 Å². The minimum absolute atomic E-state index is 0.124. The molecule has 1 aromatic carbocycles. The van der Waals surface area contributed by atoms with Gasteiger partial charge < -0.3 is 10.2 Å². The van der Waals surface area contributed by atoms with Crippen molar-refractivity contribution in [2.24, 2.45) is 4.99 Å². The normalized spacial score (nSPS) is 12.8. The molecule has 2 N–H and O–H groups in total. The summed E-state index contributed by atoms with van der Waals surface area (Å²) in [6.45, 7) is 1.77. The number of rotatable bonds is 4. The number of nitrogens with zero attached hydrogens (tertiary/aromatic N) is 1. The minimum Gasteiger partial charge on any atom is -0.507 e. The highest BCUT2D eigenvalue weighted by molar-refractivity contribution is 5.77. The minimum atomic E-state index is -0.124. The summed E-state index contributed by atoms with van der Waals surface area (Å²) in [5.41, 5.74) is 1.26. The van der Waals surface area contributed by atoms with Crippen molar-refractivity contribution in [1.82, 2.24) is 0 Å². The lowest BCUT2D eigenvalue weighted by atomic mass is 10.1. The third-order valence-corrected chi connectivity index (χ3v) is 1.94. The smallest absolute Gasteiger partial charge is 0.124 e. The monoisotopic (exact) mass is 217 g/mol. The number of hydrogen-bond donors (Lipinski definition) is 2. The van der Waals surface area contributed by atoms with E-state index in [0.717, 1.165) is 0 Å². The SMILES string of the molecule is C\C=C/C=C(\N=C\CO)c1ccccc1O. The van der Waals surface area contributed by atoms with Crippen LogP contribution in [0.4, 0.5) is 0 Å². The first kappa shape index (κ1) is 12.2. The fraction of sp³-hybridized carbons (Fsp3) is 0.154. The van der Waals surface area contributed by atoms with Crippen molar-refractivity contribution in [3.8, 4) is 5.75 Å². The van der Waals surface area contributed by atoms with Crippen LogP contribution in [-0.4, -0.2) is 23.0 Å². The summed E-state index contributed by atoms with van der Waals surface area (Å²) in [6, 6.07) is 6.96. The molecule has 0 aliphatic rings. The van der Waals surface area contributed by atoms with Crippen LogP contribution in [0, 0.1) is 0 Å². The van der Waals surface area contributed by atoms with Crippen LogP contribution in [0.5, 0.6) is 5.75 Å². The van der Waals surface area contributed by atoms with Crippen LogP contribution < -0.4 is 0 Å². The second-order valence-corrected chi connectivity index (χ2v) is 3.09. The molecule has 0 aromatic heterocycles. The largest absolute Gasteiger partial charge is 0.507 e. The lowest BCUT2D eigenvalue weighted by Crippen LogP contribution is -1.86. The topological polar surface area (TPSA) is 52.8 Å². The molecule has 0 unspecified atom stereocenters. The van der Waals surface area contributed by atoms with E-state index in [2.05, 4.69) is 4.99 Å². The van der Waals surface area contributed by atoms with E-state index in [1.807, 2.05) is 25.1 Å². The van der Waals surface area contributed by atoms with Crippen LogP contribution in [0.1, 0.15) is 12.5 Å². The number of aliphatic hydroxyl groups excluding tert-OH is 1. The Morgan fingerprint density at radius 1 is 1.38 bits per heavy atom. The Bertz CT molecular complexity index is 420. The number of phenolic OH excluding ortho intramolecular Hbond substituents is 1. The molecule has 0 spiro atoms. The molecule has 0 bridgehead atoms. The van der Waals surface area contributed by atoms with Gasteiger partial charge in [0.2, 0.25) is 0 Å². The van der Waals surface area contributed by atoms with Crippen LogP contribution in [0.3, 0.4) is 0 Å². The van der Waals surface area contributed by atoms with Gasteiger partial charge in [0.25, 0.3) is 0 Å². The number of benzene rings is 1. The molecule has 0 fully saturated rings. The van der Waals surface area contributed by atoms with Crippen LogP contribution in [0.2, 0.25) is 0 Å². The number of aromatic hydroxyl groups is 1. The van der Waals surface area contributed by atoms with Gasteiger partial charge in [0, 0.05) is 11.8 Å². The van der Waals surface area contributed by atoms with Gasteiger partial charge in [-0.1, -0.05) is 24.3 Å². The fourth-order valence-electron chi connectivity index (χ4n) is 1.22. The summed E-state index contributed by atoms with van der Waals surface area (Å²) in [5, 5.41) is 18.4. The number of aliphatic hydroxyl groups is 1. The Balaban J connectivity index is 3.11. The van der Waals surface area contributed by atoms with Crippen molar-refractivity contribution in [3.63, 3.8) is 0 Å². The first-order chi connectivity index (χ1) is 7.79. The van der Waals surface area contributed by atoms with E-state index >= 15 is 0 Å². The standard InChI is InChI=1S/C13H15NO2/c1-2-3-7-12(14-9-10-15)11-6-4-5-8-13(11)16/h2-9,15-16H,10H2,1H3/b3-2-,12-7-,14-9+. The van der Waals surface area contributed by atoms with Crippen molar-refractivity contribution in [2.75, 3.05) is 6.61 Å². The van der Waals surface area contributed by atoms with Crippen LogP contribution >= 0.6 is 0 Å². The van der Waals surface area contributed by atoms with Crippen LogP contribution in [-0.2, 0) is 0 Å². The molecule has 0 amide bonds. The van der Waals surface area contributed by atoms with E-state index in [0.29, 0.717) is 11.3 Å². The van der Waals surface area contributed by atoms with Gasteiger partial charge in [-0.15, -0.1) is 0 Å². The van der Waals surface area contributed by atoms with Crippen LogP contribution in [0.25, 0.3) is 5.70 Å². The Morgan fingerprint density at radius 3 is 2.75 bits per heavy atom. The van der Waals surface area contributed by atoms with E-state index in [9.17, 15) is 5.11 Å². The zero-order valence-electron chi connectivity index (χ0n) is 9.17. The summed E-state index contributed by atoms with van der Waals surface area (Å²) in [6.07, 6.45) is 6.87. The number of allylic oxidation sites excluding steroid dienone is 3. The average molecular weight is 217 g/mol. The second kappa shape index (κ2) is 6.58. The fourth-order valence-corrected chi connectivity index (χ4v) is 1.22. The average Bonchev–Trinajstić information content (AvgIpc) is 2.31. The maximum atomic E-state index is 9.68. The summed E-state index contributed by atoms with van der Waals surface area (Å²) < 4.78 is 0. The molecule has 0 radical (unpaired) electrons. The highest BCUT2D eigenvalue weighted by atomic mass is 16.3. The Morgan fingerprint density at radius 2 is 2.12 bits per heavy atom. The first-order valence-electron chi connectivity index (χ1n) is 5.04. The van der Waals surface area contributed by atoms with Gasteiger partial charge in [0.15, 0.2) is 0 Å². The third-order valence-electron chi connectivity index (χ3n) is 1.94. The van der Waals surface area contributed by atoms with Crippen molar-refractivity contribution in [1.29, 1.82) is 0 Å². The summed E-state index contributed by atoms with van der Waals surface area (Å²) >= 11 is 0. The van der Waals surface area contributed by atoms with E-state index < -0.39 is 0 Å². The molecule has 16 heavy (non-hydrogen) atoms. The second-order valence-electron chi connectivity index (χ2n) is 3.09. The van der Waals surface area contributed by atoms with Gasteiger partial charge in [0.1, 0.15) is 5.75 Å². The molecule has 1 aromatic rings. The maximum Gasteiger partial charge on any atom is 0.124 e. The van der Waals surface area contributed by atoms with Gasteiger partial charge in [-0.3, -0.25) is 4.99 Å². The van der Waals surface area contributed by atoms with Crippen molar-refractivity contribution in [3.05, 3.63) is 48.1 Å². The van der Waals surface area contributed by atoms with Crippen molar-refractivity contribution >= 4 is 11.9 Å². The molecule has 84 valence electrons. The first-order valence-corrected chi connectivity index (χ1v) is 5.04.